The van der Waals surface area contributed by atoms with Gasteiger partial charge in [0.15, 0.2) is 0 Å². The molecule has 0 saturated heterocycles. The van der Waals surface area contributed by atoms with Crippen LogP contribution in [0.15, 0.2) is 72.8 Å². The van der Waals surface area contributed by atoms with E-state index in [0.29, 0.717) is 12.1 Å². The Morgan fingerprint density at radius 1 is 1.00 bits per heavy atom. The lowest BCUT2D eigenvalue weighted by atomic mass is 10.1. The number of amides is 1. The summed E-state index contributed by atoms with van der Waals surface area (Å²) in [5.41, 5.74) is 2.47. The zero-order chi connectivity index (χ0) is 19.5. The van der Waals surface area contributed by atoms with Gasteiger partial charge in [-0.2, -0.15) is 0 Å². The van der Waals surface area contributed by atoms with Crippen LogP contribution in [-0.2, 0) is 6.42 Å². The summed E-state index contributed by atoms with van der Waals surface area (Å²) >= 11 is 1.66. The van der Waals surface area contributed by atoms with Crippen molar-refractivity contribution in [3.8, 4) is 0 Å². The number of nitrogens with zero attached hydrogens (tertiary/aromatic N) is 2. The Morgan fingerprint density at radius 2 is 1.71 bits per heavy atom. The van der Waals surface area contributed by atoms with Crippen molar-refractivity contribution in [2.24, 2.45) is 0 Å². The molecule has 0 unspecified atom stereocenters. The van der Waals surface area contributed by atoms with E-state index in [1.54, 1.807) is 29.5 Å². The number of nitro benzene ring substituents is 1. The van der Waals surface area contributed by atoms with E-state index < -0.39 is 10.8 Å². The molecule has 0 bridgehead atoms. The maximum atomic E-state index is 12.4. The molecule has 0 atom stereocenters. The van der Waals surface area contributed by atoms with Crippen molar-refractivity contribution < 1.29 is 9.72 Å². The number of carbonyl (C=O) groups excluding carboxylic acids is 1. The fourth-order valence-electron chi connectivity index (χ4n) is 2.90. The molecule has 0 aliphatic carbocycles. The zero-order valence-corrected chi connectivity index (χ0v) is 15.5. The van der Waals surface area contributed by atoms with E-state index in [0.717, 1.165) is 20.8 Å². The minimum Gasteiger partial charge on any atom is -0.322 e. The number of carbonyl (C=O) groups is 1. The Hall–Kier alpha value is -3.58. The summed E-state index contributed by atoms with van der Waals surface area (Å²) in [6.45, 7) is 0. The molecule has 1 heterocycles. The predicted molar refractivity (Wildman–Crippen MR) is 110 cm³/mol. The Morgan fingerprint density at radius 3 is 2.46 bits per heavy atom. The third kappa shape index (κ3) is 3.74. The second-order valence-corrected chi connectivity index (χ2v) is 7.29. The van der Waals surface area contributed by atoms with E-state index in [1.807, 2.05) is 30.3 Å². The van der Waals surface area contributed by atoms with Crippen LogP contribution in [0.25, 0.3) is 10.2 Å². The van der Waals surface area contributed by atoms with Crippen LogP contribution in [0.1, 0.15) is 20.9 Å². The summed E-state index contributed by atoms with van der Waals surface area (Å²) < 4.78 is 1.16. The average Bonchev–Trinajstić information content (AvgIpc) is 3.11. The van der Waals surface area contributed by atoms with Gasteiger partial charge in [0.1, 0.15) is 5.56 Å². The van der Waals surface area contributed by atoms with Crippen LogP contribution in [0.2, 0.25) is 0 Å². The van der Waals surface area contributed by atoms with E-state index >= 15 is 0 Å². The van der Waals surface area contributed by atoms with Gasteiger partial charge in [0.2, 0.25) is 0 Å². The Kier molecular flexibility index (Phi) is 4.82. The molecule has 0 fully saturated rings. The van der Waals surface area contributed by atoms with Gasteiger partial charge in [-0.05, 0) is 35.9 Å². The molecule has 1 amide bonds. The molecule has 0 aliphatic rings. The Labute approximate surface area is 164 Å². The molecule has 0 aliphatic heterocycles. The van der Waals surface area contributed by atoms with E-state index in [2.05, 4.69) is 16.4 Å². The summed E-state index contributed by atoms with van der Waals surface area (Å²) in [4.78, 5) is 27.5. The highest BCUT2D eigenvalue weighted by Crippen LogP contribution is 2.24. The number of aromatic nitrogens is 1. The molecule has 28 heavy (non-hydrogen) atoms. The lowest BCUT2D eigenvalue weighted by Crippen LogP contribution is -2.13. The molecule has 0 saturated carbocycles. The number of benzene rings is 3. The van der Waals surface area contributed by atoms with Crippen molar-refractivity contribution in [1.29, 1.82) is 0 Å². The number of anilines is 1. The lowest BCUT2D eigenvalue weighted by molar-refractivity contribution is -0.385. The van der Waals surface area contributed by atoms with Gasteiger partial charge < -0.3 is 5.32 Å². The van der Waals surface area contributed by atoms with Gasteiger partial charge in [0.05, 0.1) is 20.1 Å². The molecule has 3 aromatic carbocycles. The normalized spacial score (nSPS) is 10.7. The fraction of sp³-hybridized carbons (Fsp3) is 0.0476. The van der Waals surface area contributed by atoms with Gasteiger partial charge in [0, 0.05) is 18.2 Å². The molecule has 4 rings (SSSR count). The smallest absolute Gasteiger partial charge is 0.282 e. The van der Waals surface area contributed by atoms with Crippen molar-refractivity contribution in [1.82, 2.24) is 4.98 Å². The van der Waals surface area contributed by atoms with Crippen molar-refractivity contribution in [3.63, 3.8) is 0 Å². The summed E-state index contributed by atoms with van der Waals surface area (Å²) in [5.74, 6) is -0.508. The first kappa shape index (κ1) is 17.8. The molecule has 0 spiro atoms. The Balaban J connectivity index is 1.47. The second kappa shape index (κ2) is 7.58. The molecular weight excluding hydrogens is 374 g/mol. The topological polar surface area (TPSA) is 85.1 Å². The lowest BCUT2D eigenvalue weighted by Gasteiger charge is -2.07. The number of nitro groups is 1. The molecular formula is C21H15N3O3S. The maximum Gasteiger partial charge on any atom is 0.282 e. The number of fused-ring (bicyclic) bond motifs is 1. The van der Waals surface area contributed by atoms with Crippen LogP contribution in [0.3, 0.4) is 0 Å². The number of para-hydroxylation sites is 2. The standard InChI is InChI=1S/C21H15N3O3S/c25-21(16-5-1-3-7-18(16)24(26)27)22-15-11-9-14(10-12-15)13-20-23-17-6-2-4-8-19(17)28-20/h1-12H,13H2,(H,22,25). The monoisotopic (exact) mass is 389 g/mol. The molecule has 1 N–H and O–H groups in total. The SMILES string of the molecule is O=C(Nc1ccc(Cc2nc3ccccc3s2)cc1)c1ccccc1[N+](=O)[O-]. The average molecular weight is 389 g/mol. The molecule has 4 aromatic rings. The zero-order valence-electron chi connectivity index (χ0n) is 14.7. The second-order valence-electron chi connectivity index (χ2n) is 6.18. The van der Waals surface area contributed by atoms with Gasteiger partial charge in [-0.3, -0.25) is 14.9 Å². The highest BCUT2D eigenvalue weighted by Gasteiger charge is 2.19. The van der Waals surface area contributed by atoms with Crippen LogP contribution >= 0.6 is 11.3 Å². The largest absolute Gasteiger partial charge is 0.322 e. The maximum absolute atomic E-state index is 12.4. The predicted octanol–water partition coefficient (Wildman–Crippen LogP) is 5.05. The third-order valence-corrected chi connectivity index (χ3v) is 5.29. The number of hydrogen-bond donors (Lipinski definition) is 1. The number of rotatable bonds is 5. The highest BCUT2D eigenvalue weighted by atomic mass is 32.1. The van der Waals surface area contributed by atoms with Gasteiger partial charge in [-0.25, -0.2) is 4.98 Å². The summed E-state index contributed by atoms with van der Waals surface area (Å²) in [6, 6.07) is 21.3. The number of nitrogens with one attached hydrogen (secondary N) is 1. The van der Waals surface area contributed by atoms with Gasteiger partial charge in [-0.15, -0.1) is 11.3 Å². The highest BCUT2D eigenvalue weighted by molar-refractivity contribution is 7.18. The van der Waals surface area contributed by atoms with Crippen LogP contribution in [0, 0.1) is 10.1 Å². The van der Waals surface area contributed by atoms with Gasteiger partial charge in [0.25, 0.3) is 11.6 Å². The van der Waals surface area contributed by atoms with Crippen LogP contribution in [0.4, 0.5) is 11.4 Å². The number of hydrogen-bond acceptors (Lipinski definition) is 5. The molecule has 0 radical (unpaired) electrons. The summed E-state index contributed by atoms with van der Waals surface area (Å²) in [5, 5.41) is 14.8. The van der Waals surface area contributed by atoms with E-state index in [-0.39, 0.29) is 11.3 Å². The molecule has 6 nitrogen and oxygen atoms in total. The minimum atomic E-state index is -0.560. The summed E-state index contributed by atoms with van der Waals surface area (Å²) in [6.07, 6.45) is 0.706. The Bertz CT molecular complexity index is 1140. The van der Waals surface area contributed by atoms with E-state index in [1.165, 1.54) is 18.2 Å². The van der Waals surface area contributed by atoms with Crippen LogP contribution in [-0.4, -0.2) is 15.8 Å². The minimum absolute atomic E-state index is 0.0334. The van der Waals surface area contributed by atoms with Crippen LogP contribution in [0.5, 0.6) is 0 Å². The van der Waals surface area contributed by atoms with Crippen LogP contribution < -0.4 is 5.32 Å². The molecule has 7 heteroatoms. The third-order valence-electron chi connectivity index (χ3n) is 4.25. The summed E-state index contributed by atoms with van der Waals surface area (Å²) in [7, 11) is 0. The van der Waals surface area contributed by atoms with Crippen molar-refractivity contribution >= 4 is 38.8 Å². The first-order valence-electron chi connectivity index (χ1n) is 8.58. The molecule has 138 valence electrons. The van der Waals surface area contributed by atoms with E-state index in [4.69, 9.17) is 0 Å². The van der Waals surface area contributed by atoms with Crippen molar-refractivity contribution in [3.05, 3.63) is 99.0 Å². The molecule has 1 aromatic heterocycles. The van der Waals surface area contributed by atoms with E-state index in [9.17, 15) is 14.9 Å². The number of thiazole rings is 1. The first-order chi connectivity index (χ1) is 13.6. The van der Waals surface area contributed by atoms with Crippen molar-refractivity contribution in [2.45, 2.75) is 6.42 Å². The van der Waals surface area contributed by atoms with Crippen molar-refractivity contribution in [2.75, 3.05) is 5.32 Å². The first-order valence-corrected chi connectivity index (χ1v) is 9.40. The van der Waals surface area contributed by atoms with Gasteiger partial charge >= 0.3 is 0 Å². The fourth-order valence-corrected chi connectivity index (χ4v) is 3.90. The van der Waals surface area contributed by atoms with Gasteiger partial charge in [-0.1, -0.05) is 36.4 Å². The quantitative estimate of drug-likeness (QED) is 0.382.